The fraction of sp³-hybridized carbons (Fsp3) is 0.625. The van der Waals surface area contributed by atoms with Gasteiger partial charge in [-0.1, -0.05) is 19.9 Å². The lowest BCUT2D eigenvalue weighted by atomic mass is 10.1. The molecule has 3 nitrogen and oxygen atoms in total. The molecular weight excluding hydrogens is 255 g/mol. The van der Waals surface area contributed by atoms with Crippen LogP contribution in [0.5, 0.6) is 0 Å². The van der Waals surface area contributed by atoms with Crippen LogP contribution in [-0.2, 0) is 11.3 Å². The molecule has 1 N–H and O–H groups in total. The minimum absolute atomic E-state index is 0.127. The van der Waals surface area contributed by atoms with Crippen molar-refractivity contribution in [3.05, 3.63) is 29.6 Å². The molecule has 0 radical (unpaired) electrons. The van der Waals surface area contributed by atoms with Crippen molar-refractivity contribution < 1.29 is 9.13 Å². The second kappa shape index (κ2) is 7.04. The fourth-order valence-electron chi connectivity index (χ4n) is 2.72. The topological polar surface area (TPSA) is 24.5 Å². The number of nitrogens with one attached hydrogen (secondary N) is 1. The van der Waals surface area contributed by atoms with Gasteiger partial charge in [0.25, 0.3) is 0 Å². The summed E-state index contributed by atoms with van der Waals surface area (Å²) < 4.78 is 19.9. The van der Waals surface area contributed by atoms with Crippen molar-refractivity contribution in [2.45, 2.75) is 45.9 Å². The summed E-state index contributed by atoms with van der Waals surface area (Å²) in [6.07, 6.45) is 1.19. The number of benzene rings is 1. The number of anilines is 1. The van der Waals surface area contributed by atoms with Crippen LogP contribution in [0.25, 0.3) is 0 Å². The van der Waals surface area contributed by atoms with Gasteiger partial charge in [0.15, 0.2) is 0 Å². The first kappa shape index (κ1) is 15.3. The summed E-state index contributed by atoms with van der Waals surface area (Å²) in [5, 5.41) is 3.23. The van der Waals surface area contributed by atoms with Crippen LogP contribution < -0.4 is 10.2 Å². The molecule has 112 valence electrons. The van der Waals surface area contributed by atoms with Crippen LogP contribution in [0, 0.1) is 5.82 Å². The minimum Gasteiger partial charge on any atom is -0.375 e. The van der Waals surface area contributed by atoms with Crippen molar-refractivity contribution in [3.63, 3.8) is 0 Å². The molecule has 1 aromatic carbocycles. The van der Waals surface area contributed by atoms with Gasteiger partial charge in [-0.25, -0.2) is 4.39 Å². The maximum atomic E-state index is 14.2. The maximum Gasteiger partial charge on any atom is 0.129 e. The summed E-state index contributed by atoms with van der Waals surface area (Å²) in [7, 11) is 0. The first-order valence-corrected chi connectivity index (χ1v) is 7.53. The molecule has 0 amide bonds. The summed E-state index contributed by atoms with van der Waals surface area (Å²) in [5.41, 5.74) is 1.77. The Morgan fingerprint density at radius 3 is 2.90 bits per heavy atom. The summed E-state index contributed by atoms with van der Waals surface area (Å²) in [4.78, 5) is 2.31. The van der Waals surface area contributed by atoms with Crippen molar-refractivity contribution in [2.75, 3.05) is 24.6 Å². The molecule has 1 fully saturated rings. The monoisotopic (exact) mass is 280 g/mol. The maximum absolute atomic E-state index is 14.2. The number of hydrogen-bond acceptors (Lipinski definition) is 3. The SMILES string of the molecule is CCNCc1c(F)cccc1N1CC(C)OCC1CC. The number of rotatable bonds is 5. The molecular formula is C16H25FN2O. The number of halogens is 1. The van der Waals surface area contributed by atoms with Crippen LogP contribution in [0.3, 0.4) is 0 Å². The van der Waals surface area contributed by atoms with E-state index in [0.717, 1.165) is 37.4 Å². The van der Waals surface area contributed by atoms with Gasteiger partial charge < -0.3 is 15.0 Å². The third-order valence-electron chi connectivity index (χ3n) is 3.89. The first-order valence-electron chi connectivity index (χ1n) is 7.53. The van der Waals surface area contributed by atoms with Gasteiger partial charge in [0.2, 0.25) is 0 Å². The summed E-state index contributed by atoms with van der Waals surface area (Å²) in [5.74, 6) is -0.127. The van der Waals surface area contributed by atoms with Crippen LogP contribution in [0.15, 0.2) is 18.2 Å². The minimum atomic E-state index is -0.127. The first-order chi connectivity index (χ1) is 9.67. The molecule has 0 spiro atoms. The smallest absolute Gasteiger partial charge is 0.129 e. The second-order valence-electron chi connectivity index (χ2n) is 5.38. The van der Waals surface area contributed by atoms with Crippen molar-refractivity contribution in [2.24, 2.45) is 0 Å². The highest BCUT2D eigenvalue weighted by Crippen LogP contribution is 2.28. The molecule has 2 atom stereocenters. The highest BCUT2D eigenvalue weighted by atomic mass is 19.1. The average Bonchev–Trinajstić information content (AvgIpc) is 2.45. The lowest BCUT2D eigenvalue weighted by Crippen LogP contribution is -2.49. The van der Waals surface area contributed by atoms with Crippen LogP contribution in [0.1, 0.15) is 32.8 Å². The molecule has 0 aliphatic carbocycles. The van der Waals surface area contributed by atoms with E-state index in [2.05, 4.69) is 24.1 Å². The van der Waals surface area contributed by atoms with E-state index in [0.29, 0.717) is 12.6 Å². The normalized spacial score (nSPS) is 23.1. The Kier molecular flexibility index (Phi) is 5.38. The fourth-order valence-corrected chi connectivity index (χ4v) is 2.72. The predicted molar refractivity (Wildman–Crippen MR) is 80.6 cm³/mol. The van der Waals surface area contributed by atoms with Gasteiger partial charge in [0.05, 0.1) is 18.8 Å². The molecule has 0 saturated carbocycles. The van der Waals surface area contributed by atoms with E-state index in [4.69, 9.17) is 4.74 Å². The van der Waals surface area contributed by atoms with Gasteiger partial charge >= 0.3 is 0 Å². The molecule has 2 rings (SSSR count). The molecule has 2 unspecified atom stereocenters. The van der Waals surface area contributed by atoms with Gasteiger partial charge in [-0.2, -0.15) is 0 Å². The van der Waals surface area contributed by atoms with Gasteiger partial charge in [-0.3, -0.25) is 0 Å². The Bertz CT molecular complexity index is 438. The third-order valence-corrected chi connectivity index (χ3v) is 3.89. The molecule has 1 aliphatic rings. The van der Waals surface area contributed by atoms with E-state index in [-0.39, 0.29) is 11.9 Å². The van der Waals surface area contributed by atoms with Crippen LogP contribution >= 0.6 is 0 Å². The number of morpholine rings is 1. The average molecular weight is 280 g/mol. The van der Waals surface area contributed by atoms with Crippen molar-refractivity contribution in [1.82, 2.24) is 5.32 Å². The zero-order valence-corrected chi connectivity index (χ0v) is 12.7. The zero-order valence-electron chi connectivity index (χ0n) is 12.7. The van der Waals surface area contributed by atoms with Crippen molar-refractivity contribution in [3.8, 4) is 0 Å². The number of ether oxygens (including phenoxy) is 1. The Morgan fingerprint density at radius 2 is 2.20 bits per heavy atom. The third kappa shape index (κ3) is 3.30. The van der Waals surface area contributed by atoms with Crippen LogP contribution in [0.4, 0.5) is 10.1 Å². The number of hydrogen-bond donors (Lipinski definition) is 1. The van der Waals surface area contributed by atoms with Gasteiger partial charge in [0, 0.05) is 24.3 Å². The van der Waals surface area contributed by atoms with Crippen LogP contribution in [-0.4, -0.2) is 31.8 Å². The second-order valence-corrected chi connectivity index (χ2v) is 5.38. The highest BCUT2D eigenvalue weighted by Gasteiger charge is 2.27. The Morgan fingerprint density at radius 1 is 1.40 bits per heavy atom. The molecule has 1 heterocycles. The summed E-state index contributed by atoms with van der Waals surface area (Å²) >= 11 is 0. The van der Waals surface area contributed by atoms with Crippen molar-refractivity contribution in [1.29, 1.82) is 0 Å². The number of nitrogens with zero attached hydrogens (tertiary/aromatic N) is 1. The van der Waals surface area contributed by atoms with Crippen molar-refractivity contribution >= 4 is 5.69 Å². The molecule has 1 aromatic rings. The van der Waals surface area contributed by atoms with E-state index in [1.54, 1.807) is 12.1 Å². The van der Waals surface area contributed by atoms with Crippen LogP contribution in [0.2, 0.25) is 0 Å². The predicted octanol–water partition coefficient (Wildman–Crippen LogP) is 2.94. The van der Waals surface area contributed by atoms with E-state index in [1.807, 2.05) is 13.0 Å². The Labute approximate surface area is 121 Å². The van der Waals surface area contributed by atoms with E-state index in [9.17, 15) is 4.39 Å². The quantitative estimate of drug-likeness (QED) is 0.897. The van der Waals surface area contributed by atoms with E-state index in [1.165, 1.54) is 0 Å². The molecule has 0 aromatic heterocycles. The summed E-state index contributed by atoms with van der Waals surface area (Å²) in [6, 6.07) is 5.69. The summed E-state index contributed by atoms with van der Waals surface area (Å²) in [6.45, 7) is 9.20. The molecule has 4 heteroatoms. The highest BCUT2D eigenvalue weighted by molar-refractivity contribution is 5.55. The van der Waals surface area contributed by atoms with Gasteiger partial charge in [-0.15, -0.1) is 0 Å². The lowest BCUT2D eigenvalue weighted by molar-refractivity contribution is 0.0298. The largest absolute Gasteiger partial charge is 0.375 e. The Balaban J connectivity index is 2.31. The lowest BCUT2D eigenvalue weighted by Gasteiger charge is -2.41. The molecule has 20 heavy (non-hydrogen) atoms. The molecule has 0 bridgehead atoms. The van der Waals surface area contributed by atoms with Gasteiger partial charge in [0.1, 0.15) is 5.82 Å². The van der Waals surface area contributed by atoms with E-state index < -0.39 is 0 Å². The molecule has 1 saturated heterocycles. The van der Waals surface area contributed by atoms with Gasteiger partial charge in [-0.05, 0) is 32.0 Å². The Hall–Kier alpha value is -1.13. The molecule has 1 aliphatic heterocycles. The zero-order chi connectivity index (χ0) is 14.5. The standard InChI is InChI=1S/C16H25FN2O/c1-4-13-11-20-12(3)10-19(13)16-8-6-7-15(17)14(16)9-18-5-2/h6-8,12-13,18H,4-5,9-11H2,1-3H3. The van der Waals surface area contributed by atoms with E-state index >= 15 is 0 Å².